The standard InChI is InChI=1S/C13H17NO/c1-4-14(5-2)10-13(15)12-8-6-7-11(3)9-12/h4,6-9H,1,5,10H2,2-3H3. The van der Waals surface area contributed by atoms with Gasteiger partial charge in [-0.15, -0.1) is 0 Å². The molecule has 0 saturated carbocycles. The fraction of sp³-hybridized carbons (Fsp3) is 0.308. The first-order valence-corrected chi connectivity index (χ1v) is 5.14. The van der Waals surface area contributed by atoms with Crippen LogP contribution in [0.5, 0.6) is 0 Å². The van der Waals surface area contributed by atoms with Gasteiger partial charge in [-0.25, -0.2) is 0 Å². The zero-order valence-corrected chi connectivity index (χ0v) is 9.36. The van der Waals surface area contributed by atoms with Crippen LogP contribution >= 0.6 is 0 Å². The van der Waals surface area contributed by atoms with Crippen LogP contribution < -0.4 is 0 Å². The lowest BCUT2D eigenvalue weighted by molar-refractivity contribution is 0.0957. The second-order valence-corrected chi connectivity index (χ2v) is 3.54. The molecule has 0 saturated heterocycles. The van der Waals surface area contributed by atoms with E-state index < -0.39 is 0 Å². The van der Waals surface area contributed by atoms with Gasteiger partial charge in [0.15, 0.2) is 5.78 Å². The van der Waals surface area contributed by atoms with Crippen molar-refractivity contribution in [3.63, 3.8) is 0 Å². The van der Waals surface area contributed by atoms with Crippen molar-refractivity contribution in [1.29, 1.82) is 0 Å². The number of Topliss-reactive ketones (excluding diaryl/α,β-unsaturated/α-hetero) is 1. The Morgan fingerprint density at radius 3 is 2.80 bits per heavy atom. The Bertz CT molecular complexity index is 357. The van der Waals surface area contributed by atoms with Gasteiger partial charge in [-0.2, -0.15) is 0 Å². The minimum Gasteiger partial charge on any atom is -0.371 e. The number of rotatable bonds is 5. The number of likely N-dealkylation sites (N-methyl/N-ethyl adjacent to an activating group) is 1. The van der Waals surface area contributed by atoms with Crippen molar-refractivity contribution in [3.05, 3.63) is 48.2 Å². The molecule has 0 bridgehead atoms. The molecule has 15 heavy (non-hydrogen) atoms. The number of aryl methyl sites for hydroxylation is 1. The number of ketones is 1. The predicted octanol–water partition coefficient (Wildman–Crippen LogP) is 2.64. The van der Waals surface area contributed by atoms with Gasteiger partial charge in [0.05, 0.1) is 6.54 Å². The van der Waals surface area contributed by atoms with E-state index in [1.54, 1.807) is 6.20 Å². The molecular weight excluding hydrogens is 186 g/mol. The molecular formula is C13H17NO. The molecule has 0 aliphatic heterocycles. The molecule has 0 aliphatic rings. The first-order chi connectivity index (χ1) is 7.17. The van der Waals surface area contributed by atoms with Crippen LogP contribution in [0.3, 0.4) is 0 Å². The molecule has 0 heterocycles. The first-order valence-electron chi connectivity index (χ1n) is 5.14. The fourth-order valence-electron chi connectivity index (χ4n) is 1.40. The van der Waals surface area contributed by atoms with Crippen LogP contribution in [0.1, 0.15) is 22.8 Å². The highest BCUT2D eigenvalue weighted by molar-refractivity contribution is 5.97. The minimum absolute atomic E-state index is 0.139. The summed E-state index contributed by atoms with van der Waals surface area (Å²) in [5.74, 6) is 0.139. The molecule has 2 nitrogen and oxygen atoms in total. The van der Waals surface area contributed by atoms with Crippen molar-refractivity contribution in [2.24, 2.45) is 0 Å². The monoisotopic (exact) mass is 203 g/mol. The highest BCUT2D eigenvalue weighted by atomic mass is 16.1. The van der Waals surface area contributed by atoms with Crippen LogP contribution in [0.15, 0.2) is 37.0 Å². The van der Waals surface area contributed by atoms with E-state index in [0.717, 1.165) is 17.7 Å². The van der Waals surface area contributed by atoms with Crippen LogP contribution in [0, 0.1) is 6.92 Å². The maximum Gasteiger partial charge on any atom is 0.182 e. The minimum atomic E-state index is 0.139. The normalized spacial score (nSPS) is 9.73. The number of benzene rings is 1. The number of carbonyl (C=O) groups excluding carboxylic acids is 1. The van der Waals surface area contributed by atoms with Crippen molar-refractivity contribution in [2.45, 2.75) is 13.8 Å². The number of carbonyl (C=O) groups is 1. The van der Waals surface area contributed by atoms with E-state index in [-0.39, 0.29) is 5.78 Å². The molecule has 0 N–H and O–H groups in total. The molecule has 0 amide bonds. The molecule has 0 radical (unpaired) electrons. The van der Waals surface area contributed by atoms with Crippen molar-refractivity contribution >= 4 is 5.78 Å². The van der Waals surface area contributed by atoms with Crippen LogP contribution in [0.4, 0.5) is 0 Å². The largest absolute Gasteiger partial charge is 0.371 e. The summed E-state index contributed by atoms with van der Waals surface area (Å²) >= 11 is 0. The summed E-state index contributed by atoms with van der Waals surface area (Å²) in [6, 6.07) is 7.67. The Hall–Kier alpha value is -1.57. The predicted molar refractivity (Wildman–Crippen MR) is 63.0 cm³/mol. The van der Waals surface area contributed by atoms with Crippen molar-refractivity contribution in [2.75, 3.05) is 13.1 Å². The zero-order valence-electron chi connectivity index (χ0n) is 9.36. The second-order valence-electron chi connectivity index (χ2n) is 3.54. The molecule has 1 rings (SSSR count). The highest BCUT2D eigenvalue weighted by Crippen LogP contribution is 2.05. The number of hydrogen-bond donors (Lipinski definition) is 0. The van der Waals surface area contributed by atoms with E-state index in [2.05, 4.69) is 6.58 Å². The summed E-state index contributed by atoms with van der Waals surface area (Å²) in [7, 11) is 0. The Morgan fingerprint density at radius 1 is 1.53 bits per heavy atom. The van der Waals surface area contributed by atoms with Gasteiger partial charge in [0.1, 0.15) is 0 Å². The first kappa shape index (κ1) is 11.5. The summed E-state index contributed by atoms with van der Waals surface area (Å²) in [4.78, 5) is 13.7. The maximum absolute atomic E-state index is 11.8. The molecule has 0 aliphatic carbocycles. The molecule has 0 spiro atoms. The van der Waals surface area contributed by atoms with Crippen LogP contribution in [0.25, 0.3) is 0 Å². The second kappa shape index (κ2) is 5.35. The topological polar surface area (TPSA) is 20.3 Å². The number of nitrogens with zero attached hydrogens (tertiary/aromatic N) is 1. The average Bonchev–Trinajstić information content (AvgIpc) is 2.25. The van der Waals surface area contributed by atoms with Crippen molar-refractivity contribution in [1.82, 2.24) is 4.90 Å². The Balaban J connectivity index is 2.72. The lowest BCUT2D eigenvalue weighted by atomic mass is 10.1. The Kier molecular flexibility index (Phi) is 4.10. The summed E-state index contributed by atoms with van der Waals surface area (Å²) in [5.41, 5.74) is 1.89. The molecule has 0 atom stereocenters. The fourth-order valence-corrected chi connectivity index (χ4v) is 1.40. The van der Waals surface area contributed by atoms with Gasteiger partial charge in [-0.05, 0) is 26.1 Å². The van der Waals surface area contributed by atoms with Crippen LogP contribution in [-0.4, -0.2) is 23.8 Å². The van der Waals surface area contributed by atoms with E-state index in [1.165, 1.54) is 0 Å². The van der Waals surface area contributed by atoms with E-state index in [0.29, 0.717) is 6.54 Å². The lowest BCUT2D eigenvalue weighted by Gasteiger charge is -2.16. The quantitative estimate of drug-likeness (QED) is 0.686. The third kappa shape index (κ3) is 3.24. The van der Waals surface area contributed by atoms with Crippen molar-refractivity contribution in [3.8, 4) is 0 Å². The lowest BCUT2D eigenvalue weighted by Crippen LogP contribution is -2.24. The summed E-state index contributed by atoms with van der Waals surface area (Å²) in [5, 5.41) is 0. The van der Waals surface area contributed by atoms with Crippen LogP contribution in [0.2, 0.25) is 0 Å². The third-order valence-corrected chi connectivity index (χ3v) is 2.35. The highest BCUT2D eigenvalue weighted by Gasteiger charge is 2.07. The van der Waals surface area contributed by atoms with Crippen molar-refractivity contribution < 1.29 is 4.79 Å². The van der Waals surface area contributed by atoms with Gasteiger partial charge in [-0.1, -0.05) is 30.3 Å². The maximum atomic E-state index is 11.8. The number of hydrogen-bond acceptors (Lipinski definition) is 2. The molecule has 1 aromatic rings. The van der Waals surface area contributed by atoms with E-state index in [9.17, 15) is 4.79 Å². The summed E-state index contributed by atoms with van der Waals surface area (Å²) in [6.45, 7) is 8.88. The smallest absolute Gasteiger partial charge is 0.182 e. The van der Waals surface area contributed by atoms with Gasteiger partial charge in [-0.3, -0.25) is 4.79 Å². The third-order valence-electron chi connectivity index (χ3n) is 2.35. The SMILES string of the molecule is C=CN(CC)CC(=O)c1cccc(C)c1. The Labute approximate surface area is 91.2 Å². The van der Waals surface area contributed by atoms with E-state index >= 15 is 0 Å². The van der Waals surface area contributed by atoms with Gasteiger partial charge in [0.2, 0.25) is 0 Å². The summed E-state index contributed by atoms with van der Waals surface area (Å²) in [6.07, 6.45) is 1.70. The Morgan fingerprint density at radius 2 is 2.27 bits per heavy atom. The molecule has 1 aromatic carbocycles. The molecule has 0 fully saturated rings. The van der Waals surface area contributed by atoms with Gasteiger partial charge < -0.3 is 4.90 Å². The van der Waals surface area contributed by atoms with Crippen LogP contribution in [-0.2, 0) is 0 Å². The van der Waals surface area contributed by atoms with E-state index in [1.807, 2.05) is 43.0 Å². The average molecular weight is 203 g/mol. The summed E-state index contributed by atoms with van der Waals surface area (Å²) < 4.78 is 0. The molecule has 0 aromatic heterocycles. The molecule has 80 valence electrons. The van der Waals surface area contributed by atoms with E-state index in [4.69, 9.17) is 0 Å². The van der Waals surface area contributed by atoms with Gasteiger partial charge >= 0.3 is 0 Å². The molecule has 2 heteroatoms. The zero-order chi connectivity index (χ0) is 11.3. The molecule has 0 unspecified atom stereocenters. The van der Waals surface area contributed by atoms with Gasteiger partial charge in [0, 0.05) is 12.1 Å². The van der Waals surface area contributed by atoms with Gasteiger partial charge in [0.25, 0.3) is 0 Å².